The number of nitrogens with zero attached hydrogens (tertiary/aromatic N) is 4. The van der Waals surface area contributed by atoms with Crippen LogP contribution < -0.4 is 9.80 Å². The van der Waals surface area contributed by atoms with Crippen molar-refractivity contribution in [3.05, 3.63) is 96.2 Å². The maximum Gasteiger partial charge on any atom is 0.162 e. The smallest absolute Gasteiger partial charge is 0.162 e. The van der Waals surface area contributed by atoms with Gasteiger partial charge in [0.05, 0.1) is 6.20 Å². The van der Waals surface area contributed by atoms with Gasteiger partial charge >= 0.3 is 0 Å². The Morgan fingerprint density at radius 2 is 1.21 bits per heavy atom. The van der Waals surface area contributed by atoms with Crippen LogP contribution in [0.25, 0.3) is 11.4 Å². The van der Waals surface area contributed by atoms with E-state index >= 15 is 0 Å². The zero-order valence-corrected chi connectivity index (χ0v) is 19.7. The second kappa shape index (κ2) is 8.70. The van der Waals surface area contributed by atoms with Crippen LogP contribution in [0.3, 0.4) is 0 Å². The summed E-state index contributed by atoms with van der Waals surface area (Å²) in [6.07, 6.45) is 1.99. The summed E-state index contributed by atoms with van der Waals surface area (Å²) in [6.45, 7) is 9.66. The van der Waals surface area contributed by atoms with Crippen LogP contribution in [0, 0.1) is 0 Å². The van der Waals surface area contributed by atoms with Crippen LogP contribution >= 0.6 is 0 Å². The maximum atomic E-state index is 5.22. The summed E-state index contributed by atoms with van der Waals surface area (Å²) in [5.74, 6) is 2.53. The summed E-state index contributed by atoms with van der Waals surface area (Å²) in [7, 11) is 0. The molecule has 1 aliphatic heterocycles. The van der Waals surface area contributed by atoms with Crippen LogP contribution in [0.1, 0.15) is 50.7 Å². The lowest BCUT2D eigenvalue weighted by atomic mass is 9.88. The van der Waals surface area contributed by atoms with Crippen molar-refractivity contribution < 1.29 is 0 Å². The van der Waals surface area contributed by atoms with E-state index in [1.807, 2.05) is 12.3 Å². The fourth-order valence-corrected chi connectivity index (χ4v) is 4.61. The average molecular weight is 435 g/mol. The summed E-state index contributed by atoms with van der Waals surface area (Å²) in [6, 6.07) is 27.5. The monoisotopic (exact) mass is 434 g/mol. The van der Waals surface area contributed by atoms with Crippen LogP contribution in [0.5, 0.6) is 0 Å². The molecule has 33 heavy (non-hydrogen) atoms. The Labute approximate surface area is 196 Å². The van der Waals surface area contributed by atoms with E-state index in [2.05, 4.69) is 110 Å². The summed E-state index contributed by atoms with van der Waals surface area (Å²) in [4.78, 5) is 14.7. The third kappa shape index (κ3) is 3.86. The van der Waals surface area contributed by atoms with E-state index in [4.69, 9.17) is 9.97 Å². The second-order valence-corrected chi connectivity index (χ2v) is 9.19. The van der Waals surface area contributed by atoms with Crippen LogP contribution in [-0.2, 0) is 0 Å². The van der Waals surface area contributed by atoms with Gasteiger partial charge in [-0.25, -0.2) is 9.97 Å². The molecule has 0 bridgehead atoms. The van der Waals surface area contributed by atoms with Crippen molar-refractivity contribution in [1.82, 2.24) is 9.97 Å². The molecule has 0 aliphatic carbocycles. The van der Waals surface area contributed by atoms with Crippen LogP contribution in [0.2, 0.25) is 0 Å². The number of hydrogen-bond acceptors (Lipinski definition) is 4. The van der Waals surface area contributed by atoms with Gasteiger partial charge in [-0.3, -0.25) is 0 Å². The van der Waals surface area contributed by atoms with Gasteiger partial charge in [0.2, 0.25) is 0 Å². The first-order chi connectivity index (χ1) is 16.0. The number of anilines is 4. The van der Waals surface area contributed by atoms with Gasteiger partial charge in [-0.1, -0.05) is 82.3 Å². The Morgan fingerprint density at radius 3 is 1.76 bits per heavy atom. The molecule has 0 spiro atoms. The van der Waals surface area contributed by atoms with Gasteiger partial charge in [0.25, 0.3) is 0 Å². The van der Waals surface area contributed by atoms with E-state index < -0.39 is 0 Å². The molecule has 5 rings (SSSR count). The number of aromatic nitrogens is 2. The Bertz CT molecular complexity index is 1220. The zero-order valence-electron chi connectivity index (χ0n) is 19.7. The van der Waals surface area contributed by atoms with E-state index in [1.165, 1.54) is 16.7 Å². The zero-order chi connectivity index (χ0) is 22.9. The topological polar surface area (TPSA) is 32.3 Å². The summed E-state index contributed by atoms with van der Waals surface area (Å²) in [5, 5.41) is 0. The molecule has 0 saturated heterocycles. The first kappa shape index (κ1) is 21.2. The largest absolute Gasteiger partial charge is 0.318 e. The second-order valence-electron chi connectivity index (χ2n) is 9.19. The molecule has 166 valence electrons. The minimum Gasteiger partial charge on any atom is -0.318 e. The summed E-state index contributed by atoms with van der Waals surface area (Å²) in [5.41, 5.74) is 7.07. The predicted molar refractivity (Wildman–Crippen MR) is 138 cm³/mol. The fourth-order valence-electron chi connectivity index (χ4n) is 4.61. The molecule has 0 N–H and O–H groups in total. The van der Waals surface area contributed by atoms with Gasteiger partial charge in [0, 0.05) is 16.9 Å². The lowest BCUT2D eigenvalue weighted by molar-refractivity contribution is 0.834. The van der Waals surface area contributed by atoms with E-state index in [9.17, 15) is 0 Å². The molecule has 4 nitrogen and oxygen atoms in total. The first-order valence-electron chi connectivity index (χ1n) is 11.7. The quantitative estimate of drug-likeness (QED) is 0.323. The fraction of sp³-hybridized carbons (Fsp3) is 0.241. The molecule has 0 saturated carbocycles. The molecule has 0 unspecified atom stereocenters. The van der Waals surface area contributed by atoms with Crippen molar-refractivity contribution in [2.45, 2.75) is 39.5 Å². The highest BCUT2D eigenvalue weighted by atomic mass is 15.4. The Kier molecular flexibility index (Phi) is 5.59. The van der Waals surface area contributed by atoms with Crippen molar-refractivity contribution in [3.63, 3.8) is 0 Å². The third-order valence-corrected chi connectivity index (χ3v) is 6.31. The van der Waals surface area contributed by atoms with E-state index in [0.29, 0.717) is 18.5 Å². The van der Waals surface area contributed by atoms with E-state index in [0.717, 1.165) is 28.7 Å². The molecule has 3 aromatic carbocycles. The molecular formula is C29H30N4. The molecule has 4 heteroatoms. The van der Waals surface area contributed by atoms with Gasteiger partial charge in [-0.2, -0.15) is 0 Å². The van der Waals surface area contributed by atoms with Gasteiger partial charge < -0.3 is 9.80 Å². The van der Waals surface area contributed by atoms with Crippen molar-refractivity contribution >= 4 is 22.9 Å². The molecular weight excluding hydrogens is 404 g/mol. The Morgan fingerprint density at radius 1 is 0.667 bits per heavy atom. The molecule has 0 amide bonds. The highest BCUT2D eigenvalue weighted by Gasteiger charge is 2.31. The summed E-state index contributed by atoms with van der Waals surface area (Å²) < 4.78 is 0. The molecule has 0 fully saturated rings. The van der Waals surface area contributed by atoms with Crippen molar-refractivity contribution in [2.75, 3.05) is 16.5 Å². The normalized spacial score (nSPS) is 13.2. The molecule has 1 aliphatic rings. The lowest BCUT2D eigenvalue weighted by Crippen LogP contribution is -2.24. The molecule has 4 aromatic rings. The molecule has 1 aromatic heterocycles. The van der Waals surface area contributed by atoms with Crippen molar-refractivity contribution in [3.8, 4) is 11.4 Å². The number of hydrogen-bond donors (Lipinski definition) is 0. The number of benzene rings is 3. The molecule has 0 radical (unpaired) electrons. The minimum atomic E-state index is 0.390. The molecule has 2 heterocycles. The van der Waals surface area contributed by atoms with Crippen LogP contribution in [-0.4, -0.2) is 16.6 Å². The van der Waals surface area contributed by atoms with Crippen LogP contribution in [0.4, 0.5) is 22.9 Å². The highest BCUT2D eigenvalue weighted by molar-refractivity contribution is 5.85. The lowest BCUT2D eigenvalue weighted by Gasteiger charge is -2.21. The van der Waals surface area contributed by atoms with Gasteiger partial charge in [-0.15, -0.1) is 0 Å². The van der Waals surface area contributed by atoms with Gasteiger partial charge in [0.15, 0.2) is 11.6 Å². The Balaban J connectivity index is 1.70. The predicted octanol–water partition coefficient (Wildman–Crippen LogP) is 7.64. The van der Waals surface area contributed by atoms with E-state index in [-0.39, 0.29) is 0 Å². The SMILES string of the molecule is CC(C)c1cccc(C(C)C)c1-c1ncc2c(n1)N(c1ccccc1)CN2c1ccccc1. The number of para-hydroxylation sites is 2. The van der Waals surface area contributed by atoms with Gasteiger partial charge in [-0.05, 0) is 47.2 Å². The van der Waals surface area contributed by atoms with E-state index in [1.54, 1.807) is 0 Å². The Hall–Kier alpha value is -3.66. The minimum absolute atomic E-state index is 0.390. The third-order valence-electron chi connectivity index (χ3n) is 6.31. The average Bonchev–Trinajstić information content (AvgIpc) is 3.23. The first-order valence-corrected chi connectivity index (χ1v) is 11.7. The molecule has 0 atom stereocenters. The van der Waals surface area contributed by atoms with Crippen molar-refractivity contribution in [2.24, 2.45) is 0 Å². The summed E-state index contributed by atoms with van der Waals surface area (Å²) >= 11 is 0. The number of rotatable bonds is 5. The van der Waals surface area contributed by atoms with Gasteiger partial charge in [0.1, 0.15) is 12.4 Å². The van der Waals surface area contributed by atoms with Crippen molar-refractivity contribution in [1.29, 1.82) is 0 Å². The highest BCUT2D eigenvalue weighted by Crippen LogP contribution is 2.44. The maximum absolute atomic E-state index is 5.22. The number of fused-ring (bicyclic) bond motifs is 1. The standard InChI is InChI=1S/C29H30N4/c1-20(2)24-16-11-17-25(21(3)4)27(24)28-30-18-26-29(31-28)33(23-14-9-6-10-15-23)19-32(26)22-12-7-5-8-13-22/h5-18,20-21H,19H2,1-4H3. The van der Waals surface area contributed by atoms with Crippen LogP contribution in [0.15, 0.2) is 85.1 Å².